The van der Waals surface area contributed by atoms with Crippen LogP contribution in [0.4, 0.5) is 5.82 Å². The third-order valence-electron chi connectivity index (χ3n) is 4.61. The molecule has 1 aromatic carbocycles. The molecular formula is C19H22N4O3. The van der Waals surface area contributed by atoms with Gasteiger partial charge in [-0.2, -0.15) is 0 Å². The highest BCUT2D eigenvalue weighted by atomic mass is 16.7. The molecule has 0 radical (unpaired) electrons. The number of aryl methyl sites for hydroxylation is 1. The molecule has 3 heterocycles. The lowest BCUT2D eigenvalue weighted by atomic mass is 10.1. The smallest absolute Gasteiger partial charge is 0.272 e. The van der Waals surface area contributed by atoms with Gasteiger partial charge in [0, 0.05) is 25.7 Å². The number of nitrogens with one attached hydrogen (secondary N) is 1. The minimum absolute atomic E-state index is 0.0127. The maximum Gasteiger partial charge on any atom is 0.272 e. The van der Waals surface area contributed by atoms with E-state index in [1.807, 2.05) is 23.1 Å². The van der Waals surface area contributed by atoms with E-state index >= 15 is 0 Å². The van der Waals surface area contributed by atoms with E-state index in [0.29, 0.717) is 23.9 Å². The molecule has 1 amide bonds. The highest BCUT2D eigenvalue weighted by molar-refractivity contribution is 5.93. The Morgan fingerprint density at radius 2 is 1.92 bits per heavy atom. The van der Waals surface area contributed by atoms with E-state index in [1.165, 1.54) is 6.42 Å². The predicted molar refractivity (Wildman–Crippen MR) is 96.4 cm³/mol. The highest BCUT2D eigenvalue weighted by Crippen LogP contribution is 2.32. The number of rotatable bonds is 4. The zero-order valence-electron chi connectivity index (χ0n) is 14.8. The van der Waals surface area contributed by atoms with Crippen molar-refractivity contribution >= 4 is 11.7 Å². The second kappa shape index (κ2) is 7.19. The van der Waals surface area contributed by atoms with E-state index in [4.69, 9.17) is 9.47 Å². The molecule has 7 nitrogen and oxygen atoms in total. The summed E-state index contributed by atoms with van der Waals surface area (Å²) in [6.07, 6.45) is 3.31. The molecule has 1 aromatic heterocycles. The van der Waals surface area contributed by atoms with Crippen LogP contribution in [0, 0.1) is 6.92 Å². The summed E-state index contributed by atoms with van der Waals surface area (Å²) in [5.74, 6) is 2.74. The Morgan fingerprint density at radius 1 is 1.12 bits per heavy atom. The van der Waals surface area contributed by atoms with E-state index in [-0.39, 0.29) is 12.7 Å². The lowest BCUT2D eigenvalue weighted by molar-refractivity contribution is 0.0718. The number of likely N-dealkylation sites (tertiary alicyclic amines) is 1. The fourth-order valence-corrected chi connectivity index (χ4v) is 3.27. The average Bonchev–Trinajstić information content (AvgIpc) is 3.14. The summed E-state index contributed by atoms with van der Waals surface area (Å²) in [4.78, 5) is 23.3. The van der Waals surface area contributed by atoms with E-state index in [1.54, 1.807) is 13.0 Å². The number of carbonyl (C=O) groups excluding carboxylic acids is 1. The van der Waals surface area contributed by atoms with Crippen molar-refractivity contribution in [2.45, 2.75) is 32.7 Å². The van der Waals surface area contributed by atoms with Crippen molar-refractivity contribution < 1.29 is 14.3 Å². The van der Waals surface area contributed by atoms with Crippen LogP contribution in [0.3, 0.4) is 0 Å². The van der Waals surface area contributed by atoms with Crippen molar-refractivity contribution in [1.29, 1.82) is 0 Å². The van der Waals surface area contributed by atoms with Gasteiger partial charge >= 0.3 is 0 Å². The predicted octanol–water partition coefficient (Wildman–Crippen LogP) is 2.75. The van der Waals surface area contributed by atoms with Crippen LogP contribution in [-0.2, 0) is 6.54 Å². The standard InChI is InChI=1S/C19H22N4O3/c1-13-21-15(19(24)23-7-3-2-4-8-23)10-18(22-13)20-11-14-5-6-16-17(9-14)26-12-25-16/h5-6,9-10H,2-4,7-8,11-12H2,1H3,(H,20,21,22). The molecule has 1 N–H and O–H groups in total. The van der Waals surface area contributed by atoms with Gasteiger partial charge in [0.1, 0.15) is 17.3 Å². The van der Waals surface area contributed by atoms with Crippen LogP contribution in [0.1, 0.15) is 41.1 Å². The third-order valence-corrected chi connectivity index (χ3v) is 4.61. The van der Waals surface area contributed by atoms with Gasteiger partial charge in [-0.05, 0) is 43.9 Å². The second-order valence-corrected chi connectivity index (χ2v) is 6.58. The number of aromatic nitrogens is 2. The van der Waals surface area contributed by atoms with Crippen LogP contribution >= 0.6 is 0 Å². The van der Waals surface area contributed by atoms with Gasteiger partial charge in [0.05, 0.1) is 0 Å². The van der Waals surface area contributed by atoms with Crippen molar-refractivity contribution in [1.82, 2.24) is 14.9 Å². The molecule has 136 valence electrons. The Hall–Kier alpha value is -2.83. The number of hydrogen-bond acceptors (Lipinski definition) is 6. The molecule has 7 heteroatoms. The number of ether oxygens (including phenoxy) is 2. The summed E-state index contributed by atoms with van der Waals surface area (Å²) in [6.45, 7) is 4.26. The SMILES string of the molecule is Cc1nc(NCc2ccc3c(c2)OCO3)cc(C(=O)N2CCCCC2)n1. The fraction of sp³-hybridized carbons (Fsp3) is 0.421. The number of fused-ring (bicyclic) bond motifs is 1. The summed E-state index contributed by atoms with van der Waals surface area (Å²) in [7, 11) is 0. The van der Waals surface area contributed by atoms with Crippen LogP contribution in [0.15, 0.2) is 24.3 Å². The Kier molecular flexibility index (Phi) is 4.60. The zero-order valence-corrected chi connectivity index (χ0v) is 14.8. The summed E-state index contributed by atoms with van der Waals surface area (Å²) < 4.78 is 10.7. The molecule has 0 aliphatic carbocycles. The number of hydrogen-bond donors (Lipinski definition) is 1. The van der Waals surface area contributed by atoms with Gasteiger partial charge in [0.25, 0.3) is 5.91 Å². The van der Waals surface area contributed by atoms with Crippen molar-refractivity contribution in [3.8, 4) is 11.5 Å². The van der Waals surface area contributed by atoms with Crippen LogP contribution in [0.2, 0.25) is 0 Å². The van der Waals surface area contributed by atoms with E-state index in [0.717, 1.165) is 43.0 Å². The van der Waals surface area contributed by atoms with Crippen molar-refractivity contribution in [3.05, 3.63) is 41.3 Å². The fourth-order valence-electron chi connectivity index (χ4n) is 3.27. The first-order valence-corrected chi connectivity index (χ1v) is 8.96. The first-order valence-electron chi connectivity index (χ1n) is 8.96. The number of piperidine rings is 1. The number of amides is 1. The molecule has 0 bridgehead atoms. The quantitative estimate of drug-likeness (QED) is 0.910. The first kappa shape index (κ1) is 16.6. The Labute approximate surface area is 152 Å². The Bertz CT molecular complexity index is 818. The molecule has 2 aliphatic heterocycles. The normalized spacial score (nSPS) is 15.8. The van der Waals surface area contributed by atoms with Gasteiger partial charge in [0.15, 0.2) is 11.5 Å². The molecule has 1 fully saturated rings. The molecule has 2 aliphatic rings. The molecule has 2 aromatic rings. The lowest BCUT2D eigenvalue weighted by Crippen LogP contribution is -2.36. The third kappa shape index (κ3) is 3.56. The van der Waals surface area contributed by atoms with E-state index < -0.39 is 0 Å². The van der Waals surface area contributed by atoms with Gasteiger partial charge in [-0.15, -0.1) is 0 Å². The Balaban J connectivity index is 1.46. The number of anilines is 1. The minimum atomic E-state index is -0.0127. The first-order chi connectivity index (χ1) is 12.7. The number of carbonyl (C=O) groups is 1. The highest BCUT2D eigenvalue weighted by Gasteiger charge is 2.20. The van der Waals surface area contributed by atoms with Gasteiger partial charge in [-0.1, -0.05) is 6.07 Å². The maximum absolute atomic E-state index is 12.7. The molecule has 0 atom stereocenters. The van der Waals surface area contributed by atoms with Crippen LogP contribution in [-0.4, -0.2) is 40.7 Å². The van der Waals surface area contributed by atoms with E-state index in [2.05, 4.69) is 15.3 Å². The van der Waals surface area contributed by atoms with Crippen LogP contribution in [0.25, 0.3) is 0 Å². The maximum atomic E-state index is 12.7. The molecule has 4 rings (SSSR count). The van der Waals surface area contributed by atoms with Gasteiger partial charge in [-0.3, -0.25) is 4.79 Å². The molecule has 0 spiro atoms. The second-order valence-electron chi connectivity index (χ2n) is 6.58. The lowest BCUT2D eigenvalue weighted by Gasteiger charge is -2.26. The van der Waals surface area contributed by atoms with Crippen molar-refractivity contribution in [3.63, 3.8) is 0 Å². The average molecular weight is 354 g/mol. The van der Waals surface area contributed by atoms with E-state index in [9.17, 15) is 4.79 Å². The van der Waals surface area contributed by atoms with Crippen molar-refractivity contribution in [2.75, 3.05) is 25.2 Å². The molecular weight excluding hydrogens is 332 g/mol. The number of benzene rings is 1. The molecule has 26 heavy (non-hydrogen) atoms. The van der Waals surface area contributed by atoms with Crippen LogP contribution < -0.4 is 14.8 Å². The van der Waals surface area contributed by atoms with Gasteiger partial charge in [-0.25, -0.2) is 9.97 Å². The van der Waals surface area contributed by atoms with Gasteiger partial charge < -0.3 is 19.7 Å². The summed E-state index contributed by atoms with van der Waals surface area (Å²) >= 11 is 0. The largest absolute Gasteiger partial charge is 0.454 e. The summed E-state index contributed by atoms with van der Waals surface area (Å²) in [6, 6.07) is 7.56. The topological polar surface area (TPSA) is 76.6 Å². The summed E-state index contributed by atoms with van der Waals surface area (Å²) in [5, 5.41) is 3.27. The zero-order chi connectivity index (χ0) is 17.9. The van der Waals surface area contributed by atoms with Crippen molar-refractivity contribution in [2.24, 2.45) is 0 Å². The molecule has 0 unspecified atom stereocenters. The minimum Gasteiger partial charge on any atom is -0.454 e. The monoisotopic (exact) mass is 354 g/mol. The van der Waals surface area contributed by atoms with Crippen LogP contribution in [0.5, 0.6) is 11.5 Å². The number of nitrogens with zero attached hydrogens (tertiary/aromatic N) is 3. The Morgan fingerprint density at radius 3 is 2.77 bits per heavy atom. The molecule has 1 saturated heterocycles. The molecule has 0 saturated carbocycles. The van der Waals surface area contributed by atoms with Gasteiger partial charge in [0.2, 0.25) is 6.79 Å². The summed E-state index contributed by atoms with van der Waals surface area (Å²) in [5.41, 5.74) is 1.50.